The normalized spacial score (nSPS) is 10.2. The van der Waals surface area contributed by atoms with Gasteiger partial charge in [0.05, 0.1) is 11.3 Å². The van der Waals surface area contributed by atoms with Crippen molar-refractivity contribution >= 4 is 17.3 Å². The first-order valence-corrected chi connectivity index (χ1v) is 6.30. The highest BCUT2D eigenvalue weighted by atomic mass is 16.4. The van der Waals surface area contributed by atoms with Gasteiger partial charge in [0.2, 0.25) is 0 Å². The van der Waals surface area contributed by atoms with Gasteiger partial charge in [-0.25, -0.2) is 4.79 Å². The van der Waals surface area contributed by atoms with Gasteiger partial charge in [-0.1, -0.05) is 31.2 Å². The molecule has 2 rings (SSSR count). The Morgan fingerprint density at radius 3 is 2.58 bits per heavy atom. The van der Waals surface area contributed by atoms with Crippen molar-refractivity contribution in [3.63, 3.8) is 0 Å². The maximum absolute atomic E-state index is 11.2. The Kier molecular flexibility index (Phi) is 3.85. The Morgan fingerprint density at radius 2 is 1.89 bits per heavy atom. The van der Waals surface area contributed by atoms with Crippen molar-refractivity contribution in [1.82, 2.24) is 0 Å². The number of hydrogen-bond donors (Lipinski definition) is 2. The monoisotopic (exact) mass is 255 g/mol. The molecule has 0 aliphatic carbocycles. The highest BCUT2D eigenvalue weighted by Crippen LogP contribution is 2.25. The summed E-state index contributed by atoms with van der Waals surface area (Å²) >= 11 is 0. The van der Waals surface area contributed by atoms with Gasteiger partial charge in [0.15, 0.2) is 0 Å². The highest BCUT2D eigenvalue weighted by Gasteiger charge is 2.11. The standard InChI is InChI=1S/C16H17NO2/c1-3-12-6-4-5-7-14(12)17-15-10-11(2)8-9-13(15)16(18)19/h4-10,17H,3H2,1-2H3,(H,18,19). The predicted molar refractivity (Wildman–Crippen MR) is 77.2 cm³/mol. The second kappa shape index (κ2) is 5.57. The lowest BCUT2D eigenvalue weighted by molar-refractivity contribution is 0.0698. The molecule has 0 fully saturated rings. The molecule has 0 amide bonds. The van der Waals surface area contributed by atoms with E-state index in [1.165, 1.54) is 5.56 Å². The van der Waals surface area contributed by atoms with Gasteiger partial charge >= 0.3 is 5.97 Å². The Balaban J connectivity index is 2.42. The van der Waals surface area contributed by atoms with Crippen molar-refractivity contribution in [2.24, 2.45) is 0 Å². The van der Waals surface area contributed by atoms with E-state index in [0.29, 0.717) is 5.69 Å². The molecule has 2 N–H and O–H groups in total. The first kappa shape index (κ1) is 13.1. The molecule has 3 nitrogen and oxygen atoms in total. The van der Waals surface area contributed by atoms with E-state index in [1.54, 1.807) is 12.1 Å². The molecule has 0 aromatic heterocycles. The van der Waals surface area contributed by atoms with Gasteiger partial charge in [0, 0.05) is 5.69 Å². The van der Waals surface area contributed by atoms with Gasteiger partial charge in [-0.15, -0.1) is 0 Å². The zero-order chi connectivity index (χ0) is 13.8. The Labute approximate surface area is 112 Å². The number of aryl methyl sites for hydroxylation is 2. The van der Waals surface area contributed by atoms with E-state index < -0.39 is 5.97 Å². The largest absolute Gasteiger partial charge is 0.478 e. The van der Waals surface area contributed by atoms with Gasteiger partial charge in [-0.3, -0.25) is 0 Å². The summed E-state index contributed by atoms with van der Waals surface area (Å²) in [6.45, 7) is 4.03. The number of carbonyl (C=O) groups is 1. The molecule has 0 atom stereocenters. The molecule has 0 bridgehead atoms. The van der Waals surface area contributed by atoms with E-state index in [0.717, 1.165) is 17.7 Å². The number of carboxylic acids is 1. The van der Waals surface area contributed by atoms with Crippen LogP contribution in [0.2, 0.25) is 0 Å². The van der Waals surface area contributed by atoms with Crippen LogP contribution >= 0.6 is 0 Å². The van der Waals surface area contributed by atoms with Gasteiger partial charge in [-0.05, 0) is 42.7 Å². The number of nitrogens with one attached hydrogen (secondary N) is 1. The van der Waals surface area contributed by atoms with Crippen LogP contribution in [0.1, 0.15) is 28.4 Å². The van der Waals surface area contributed by atoms with Gasteiger partial charge in [0.25, 0.3) is 0 Å². The van der Waals surface area contributed by atoms with E-state index in [9.17, 15) is 9.90 Å². The molecule has 0 spiro atoms. The first-order valence-electron chi connectivity index (χ1n) is 6.30. The number of benzene rings is 2. The van der Waals surface area contributed by atoms with Crippen LogP contribution in [-0.4, -0.2) is 11.1 Å². The van der Waals surface area contributed by atoms with E-state index >= 15 is 0 Å². The quantitative estimate of drug-likeness (QED) is 0.868. The van der Waals surface area contributed by atoms with Crippen LogP contribution in [0, 0.1) is 6.92 Å². The number of aromatic carboxylic acids is 1. The van der Waals surface area contributed by atoms with Crippen LogP contribution in [0.25, 0.3) is 0 Å². The minimum Gasteiger partial charge on any atom is -0.478 e. The topological polar surface area (TPSA) is 49.3 Å². The fourth-order valence-corrected chi connectivity index (χ4v) is 2.04. The van der Waals surface area contributed by atoms with Crippen molar-refractivity contribution in [3.05, 3.63) is 59.2 Å². The van der Waals surface area contributed by atoms with Crippen molar-refractivity contribution < 1.29 is 9.90 Å². The third-order valence-electron chi connectivity index (χ3n) is 3.07. The van der Waals surface area contributed by atoms with Crippen molar-refractivity contribution in [3.8, 4) is 0 Å². The van der Waals surface area contributed by atoms with Gasteiger partial charge in [0.1, 0.15) is 0 Å². The molecule has 2 aromatic rings. The summed E-state index contributed by atoms with van der Waals surface area (Å²) in [4.78, 5) is 11.2. The van der Waals surface area contributed by atoms with Crippen LogP contribution in [0.3, 0.4) is 0 Å². The second-order valence-corrected chi connectivity index (χ2v) is 4.49. The summed E-state index contributed by atoms with van der Waals surface area (Å²) in [7, 11) is 0. The number of rotatable bonds is 4. The highest BCUT2D eigenvalue weighted by molar-refractivity contribution is 5.95. The third-order valence-corrected chi connectivity index (χ3v) is 3.07. The average Bonchev–Trinajstić information content (AvgIpc) is 2.39. The summed E-state index contributed by atoms with van der Waals surface area (Å²) in [5, 5.41) is 12.5. The summed E-state index contributed by atoms with van der Waals surface area (Å²) in [6.07, 6.45) is 0.900. The molecule has 0 heterocycles. The smallest absolute Gasteiger partial charge is 0.337 e. The van der Waals surface area contributed by atoms with Crippen molar-refractivity contribution in [1.29, 1.82) is 0 Å². The van der Waals surface area contributed by atoms with Crippen LogP contribution in [0.4, 0.5) is 11.4 Å². The molecule has 0 unspecified atom stereocenters. The third kappa shape index (κ3) is 2.94. The average molecular weight is 255 g/mol. The minimum absolute atomic E-state index is 0.288. The summed E-state index contributed by atoms with van der Waals surface area (Å²) < 4.78 is 0. The molecule has 3 heteroatoms. The maximum Gasteiger partial charge on any atom is 0.337 e. The number of hydrogen-bond acceptors (Lipinski definition) is 2. The van der Waals surface area contributed by atoms with E-state index in [2.05, 4.69) is 12.2 Å². The molecule has 2 aromatic carbocycles. The van der Waals surface area contributed by atoms with Crippen LogP contribution in [0.5, 0.6) is 0 Å². The molecule has 98 valence electrons. The molecule has 0 aliphatic heterocycles. The molecule has 0 saturated carbocycles. The van der Waals surface area contributed by atoms with Gasteiger partial charge < -0.3 is 10.4 Å². The predicted octanol–water partition coefficient (Wildman–Crippen LogP) is 4.00. The molecule has 0 aliphatic rings. The first-order chi connectivity index (χ1) is 9.11. The lowest BCUT2D eigenvalue weighted by Crippen LogP contribution is -2.04. The molecular weight excluding hydrogens is 238 g/mol. The number of anilines is 2. The van der Waals surface area contributed by atoms with Crippen LogP contribution in [0.15, 0.2) is 42.5 Å². The molecule has 0 saturated heterocycles. The Morgan fingerprint density at radius 1 is 1.16 bits per heavy atom. The summed E-state index contributed by atoms with van der Waals surface area (Å²) in [5.41, 5.74) is 4.07. The second-order valence-electron chi connectivity index (χ2n) is 4.49. The van der Waals surface area contributed by atoms with E-state index in [1.807, 2.05) is 37.3 Å². The fraction of sp³-hybridized carbons (Fsp3) is 0.188. The minimum atomic E-state index is -0.920. The lowest BCUT2D eigenvalue weighted by Gasteiger charge is -2.13. The number of carboxylic acid groups (broad SMARTS) is 1. The molecule has 0 radical (unpaired) electrons. The SMILES string of the molecule is CCc1ccccc1Nc1cc(C)ccc1C(=O)O. The maximum atomic E-state index is 11.2. The van der Waals surface area contributed by atoms with Crippen LogP contribution < -0.4 is 5.32 Å². The summed E-state index contributed by atoms with van der Waals surface area (Å²) in [6, 6.07) is 13.2. The fourth-order valence-electron chi connectivity index (χ4n) is 2.04. The Bertz CT molecular complexity index is 605. The zero-order valence-electron chi connectivity index (χ0n) is 11.1. The number of para-hydroxylation sites is 1. The van der Waals surface area contributed by atoms with Crippen molar-refractivity contribution in [2.45, 2.75) is 20.3 Å². The van der Waals surface area contributed by atoms with Gasteiger partial charge in [-0.2, -0.15) is 0 Å². The Hall–Kier alpha value is -2.29. The van der Waals surface area contributed by atoms with Crippen LogP contribution in [-0.2, 0) is 6.42 Å². The van der Waals surface area contributed by atoms with E-state index in [-0.39, 0.29) is 5.56 Å². The molecular formula is C16H17NO2. The van der Waals surface area contributed by atoms with Crippen molar-refractivity contribution in [2.75, 3.05) is 5.32 Å². The molecule has 19 heavy (non-hydrogen) atoms. The lowest BCUT2D eigenvalue weighted by atomic mass is 10.1. The van der Waals surface area contributed by atoms with E-state index in [4.69, 9.17) is 0 Å². The zero-order valence-corrected chi connectivity index (χ0v) is 11.1. The summed E-state index contributed by atoms with van der Waals surface area (Å²) in [5.74, 6) is -0.920.